The van der Waals surface area contributed by atoms with Crippen molar-refractivity contribution in [2.45, 2.75) is 5.16 Å². The number of nitrogens with zero attached hydrogens (tertiary/aromatic N) is 4. The third kappa shape index (κ3) is 3.33. The normalized spacial score (nSPS) is 9.72. The highest BCUT2D eigenvalue weighted by atomic mass is 32.2. The molecule has 0 saturated heterocycles. The highest BCUT2D eigenvalue weighted by molar-refractivity contribution is 7.98. The molecule has 0 bridgehead atoms. The molecule has 0 spiro atoms. The first kappa shape index (κ1) is 14.2. The van der Waals surface area contributed by atoms with Gasteiger partial charge in [0.25, 0.3) is 0 Å². The first-order valence-electron chi connectivity index (χ1n) is 4.96. The lowest BCUT2D eigenvalue weighted by Crippen LogP contribution is -2.32. The summed E-state index contributed by atoms with van der Waals surface area (Å²) in [5.41, 5.74) is 0. The van der Waals surface area contributed by atoms with Gasteiger partial charge in [-0.2, -0.15) is 15.0 Å². The Bertz CT molecular complexity index is 419. The summed E-state index contributed by atoms with van der Waals surface area (Å²) in [5.74, 6) is 0.165. The maximum absolute atomic E-state index is 11.6. The fourth-order valence-corrected chi connectivity index (χ4v) is 1.45. The Labute approximate surface area is 109 Å². The molecule has 0 aliphatic heterocycles. The molecule has 0 saturated carbocycles. The van der Waals surface area contributed by atoms with Crippen molar-refractivity contribution in [3.8, 4) is 6.01 Å². The number of rotatable bonds is 5. The summed E-state index contributed by atoms with van der Waals surface area (Å²) >= 11 is 1.32. The Balaban J connectivity index is 3.17. The molecule has 98 valence electrons. The molecule has 7 nitrogen and oxygen atoms in total. The van der Waals surface area contributed by atoms with Gasteiger partial charge >= 0.3 is 12.1 Å². The second kappa shape index (κ2) is 6.80. The molecule has 0 aliphatic carbocycles. The highest BCUT2D eigenvalue weighted by Gasteiger charge is 2.20. The highest BCUT2D eigenvalue weighted by Crippen LogP contribution is 2.18. The number of methoxy groups -OCH3 is 2. The van der Waals surface area contributed by atoms with Gasteiger partial charge in [0.2, 0.25) is 5.95 Å². The number of carbonyl (C=O) groups is 1. The predicted molar refractivity (Wildman–Crippen MR) is 68.1 cm³/mol. The first-order chi connectivity index (χ1) is 8.65. The van der Waals surface area contributed by atoms with Crippen LogP contribution < -0.4 is 9.64 Å². The van der Waals surface area contributed by atoms with Gasteiger partial charge in [0.15, 0.2) is 5.16 Å². The van der Waals surface area contributed by atoms with Gasteiger partial charge in [0.05, 0.1) is 20.8 Å². The van der Waals surface area contributed by atoms with E-state index in [9.17, 15) is 4.79 Å². The minimum atomic E-state index is -0.574. The molecule has 1 aromatic rings. The Hall–Kier alpha value is -1.83. The average molecular weight is 270 g/mol. The van der Waals surface area contributed by atoms with Crippen LogP contribution in [0.3, 0.4) is 0 Å². The van der Waals surface area contributed by atoms with Crippen LogP contribution in [-0.2, 0) is 4.74 Å². The lowest BCUT2D eigenvalue weighted by molar-refractivity contribution is 0.179. The number of hydrogen-bond donors (Lipinski definition) is 0. The number of thioether (sulfide) groups is 1. The van der Waals surface area contributed by atoms with Crippen molar-refractivity contribution in [3.05, 3.63) is 12.7 Å². The van der Waals surface area contributed by atoms with Gasteiger partial charge in [0, 0.05) is 0 Å². The van der Waals surface area contributed by atoms with E-state index in [1.807, 2.05) is 6.26 Å². The van der Waals surface area contributed by atoms with Gasteiger partial charge in [0.1, 0.15) is 0 Å². The Morgan fingerprint density at radius 1 is 1.44 bits per heavy atom. The fraction of sp³-hybridized carbons (Fsp3) is 0.400. The monoisotopic (exact) mass is 270 g/mol. The summed E-state index contributed by atoms with van der Waals surface area (Å²) in [6.07, 6.45) is 2.79. The molecule has 1 aromatic heterocycles. The zero-order valence-corrected chi connectivity index (χ0v) is 11.2. The van der Waals surface area contributed by atoms with Crippen LogP contribution in [0.5, 0.6) is 6.01 Å². The van der Waals surface area contributed by atoms with Gasteiger partial charge in [-0.1, -0.05) is 17.8 Å². The van der Waals surface area contributed by atoms with Gasteiger partial charge in [-0.05, 0) is 6.26 Å². The molecule has 0 radical (unpaired) electrons. The average Bonchev–Trinajstić information content (AvgIpc) is 2.43. The maximum atomic E-state index is 11.6. The Morgan fingerprint density at radius 3 is 2.67 bits per heavy atom. The van der Waals surface area contributed by atoms with Gasteiger partial charge in [-0.3, -0.25) is 0 Å². The molecule has 1 amide bonds. The summed E-state index contributed by atoms with van der Waals surface area (Å²) in [7, 11) is 2.73. The minimum Gasteiger partial charge on any atom is -0.467 e. The third-order valence-electron chi connectivity index (χ3n) is 1.90. The molecule has 8 heteroatoms. The Kier molecular flexibility index (Phi) is 5.37. The third-order valence-corrected chi connectivity index (χ3v) is 2.44. The standard InChI is InChI=1S/C10H14N4O3S/c1-5-6-14(10(15)17-3)7-11-8(16-2)13-9(12-7)18-4/h5H,1,6H2,2-4H3. The summed E-state index contributed by atoms with van der Waals surface area (Å²) in [6.45, 7) is 3.80. The molecule has 0 fully saturated rings. The number of anilines is 1. The zero-order chi connectivity index (χ0) is 13.5. The molecular formula is C10H14N4O3S. The fourth-order valence-electron chi connectivity index (χ4n) is 1.11. The van der Waals surface area contributed by atoms with E-state index in [0.29, 0.717) is 5.16 Å². The van der Waals surface area contributed by atoms with Gasteiger partial charge in [-0.25, -0.2) is 9.69 Å². The number of ether oxygens (including phenoxy) is 2. The minimum absolute atomic E-state index is 0.141. The molecule has 0 aromatic carbocycles. The molecule has 1 heterocycles. The smallest absolute Gasteiger partial charge is 0.416 e. The largest absolute Gasteiger partial charge is 0.467 e. The number of amides is 1. The van der Waals surface area contributed by atoms with E-state index in [4.69, 9.17) is 4.74 Å². The molecule has 0 atom stereocenters. The van der Waals surface area contributed by atoms with Crippen LogP contribution in [0.4, 0.5) is 10.7 Å². The van der Waals surface area contributed by atoms with Crippen molar-refractivity contribution in [1.82, 2.24) is 15.0 Å². The molecule has 0 N–H and O–H groups in total. The van der Waals surface area contributed by atoms with Crippen molar-refractivity contribution < 1.29 is 14.3 Å². The van der Waals surface area contributed by atoms with E-state index in [1.54, 1.807) is 6.08 Å². The lowest BCUT2D eigenvalue weighted by atomic mass is 10.5. The van der Waals surface area contributed by atoms with Gasteiger partial charge < -0.3 is 9.47 Å². The Morgan fingerprint density at radius 2 is 2.17 bits per heavy atom. The second-order valence-corrected chi connectivity index (χ2v) is 3.75. The van der Waals surface area contributed by atoms with E-state index in [0.717, 1.165) is 0 Å². The van der Waals surface area contributed by atoms with Crippen molar-refractivity contribution in [2.24, 2.45) is 0 Å². The van der Waals surface area contributed by atoms with Crippen LogP contribution in [0.2, 0.25) is 0 Å². The van der Waals surface area contributed by atoms with Crippen molar-refractivity contribution >= 4 is 23.8 Å². The number of aromatic nitrogens is 3. The van der Waals surface area contributed by atoms with Crippen molar-refractivity contribution in [3.63, 3.8) is 0 Å². The van der Waals surface area contributed by atoms with Crippen LogP contribution in [0.1, 0.15) is 0 Å². The van der Waals surface area contributed by atoms with Crippen molar-refractivity contribution in [2.75, 3.05) is 31.9 Å². The number of carbonyl (C=O) groups excluding carboxylic acids is 1. The zero-order valence-electron chi connectivity index (χ0n) is 10.4. The van der Waals surface area contributed by atoms with Crippen LogP contribution in [0.25, 0.3) is 0 Å². The summed E-state index contributed by atoms with van der Waals surface area (Å²) in [6, 6.07) is 0.141. The second-order valence-electron chi connectivity index (χ2n) is 2.98. The molecule has 1 rings (SSSR count). The molecule has 18 heavy (non-hydrogen) atoms. The number of hydrogen-bond acceptors (Lipinski definition) is 7. The topological polar surface area (TPSA) is 77.4 Å². The van der Waals surface area contributed by atoms with Crippen LogP contribution in [-0.4, -0.2) is 48.1 Å². The summed E-state index contributed by atoms with van der Waals surface area (Å²) in [5, 5.41) is 0.454. The predicted octanol–water partition coefficient (Wildman–Crippen LogP) is 1.36. The van der Waals surface area contributed by atoms with Crippen LogP contribution >= 0.6 is 11.8 Å². The van der Waals surface area contributed by atoms with Crippen molar-refractivity contribution in [1.29, 1.82) is 0 Å². The maximum Gasteiger partial charge on any atom is 0.416 e. The molecule has 0 unspecified atom stereocenters. The lowest BCUT2D eigenvalue weighted by Gasteiger charge is -2.17. The molecule has 0 aliphatic rings. The first-order valence-corrected chi connectivity index (χ1v) is 6.19. The van der Waals surface area contributed by atoms with E-state index < -0.39 is 6.09 Å². The van der Waals surface area contributed by atoms with Crippen LogP contribution in [0, 0.1) is 0 Å². The van der Waals surface area contributed by atoms with Crippen LogP contribution in [0.15, 0.2) is 17.8 Å². The van der Waals surface area contributed by atoms with E-state index in [-0.39, 0.29) is 18.5 Å². The summed E-state index contributed by atoms with van der Waals surface area (Å²) in [4.78, 5) is 25.0. The van der Waals surface area contributed by atoms with E-state index >= 15 is 0 Å². The van der Waals surface area contributed by atoms with E-state index in [2.05, 4.69) is 26.3 Å². The SMILES string of the molecule is C=CCN(C(=O)OC)c1nc(OC)nc(SC)n1. The van der Waals surface area contributed by atoms with E-state index in [1.165, 1.54) is 30.9 Å². The van der Waals surface area contributed by atoms with Gasteiger partial charge in [-0.15, -0.1) is 6.58 Å². The summed E-state index contributed by atoms with van der Waals surface area (Å²) < 4.78 is 9.62. The quantitative estimate of drug-likeness (QED) is 0.590. The molecular weight excluding hydrogens is 256 g/mol.